The Morgan fingerprint density at radius 2 is 1.55 bits per heavy atom. The van der Waals surface area contributed by atoms with Gasteiger partial charge in [-0.05, 0) is 54.2 Å². The largest absolute Gasteiger partial charge is 0.0841 e. The highest BCUT2D eigenvalue weighted by Gasteiger charge is 2.35. The lowest BCUT2D eigenvalue weighted by Crippen LogP contribution is -2.15. The van der Waals surface area contributed by atoms with Crippen molar-refractivity contribution >= 4 is 5.57 Å². The normalized spacial score (nSPS) is 15.9. The van der Waals surface area contributed by atoms with E-state index in [9.17, 15) is 0 Å². The van der Waals surface area contributed by atoms with Gasteiger partial charge in [0.05, 0.1) is 0 Å². The van der Waals surface area contributed by atoms with Crippen molar-refractivity contribution in [3.8, 4) is 11.1 Å². The Bertz CT molecular complexity index is 715. The Balaban J connectivity index is 2.27. The van der Waals surface area contributed by atoms with Gasteiger partial charge in [0.15, 0.2) is 0 Å². The molecule has 102 valence electrons. The molecule has 0 saturated heterocycles. The van der Waals surface area contributed by atoms with Crippen LogP contribution in [-0.2, 0) is 5.41 Å². The molecule has 0 aliphatic heterocycles. The zero-order chi connectivity index (χ0) is 14.5. The lowest BCUT2D eigenvalue weighted by Gasteiger charge is -2.22. The summed E-state index contributed by atoms with van der Waals surface area (Å²) in [7, 11) is 0. The number of fused-ring (bicyclic) bond motifs is 3. The fourth-order valence-electron chi connectivity index (χ4n) is 3.26. The van der Waals surface area contributed by atoms with Gasteiger partial charge in [0, 0.05) is 5.41 Å². The molecule has 0 N–H and O–H groups in total. The van der Waals surface area contributed by atoms with Gasteiger partial charge in [-0.15, -0.1) is 0 Å². The van der Waals surface area contributed by atoms with Crippen LogP contribution >= 0.6 is 0 Å². The zero-order valence-corrected chi connectivity index (χ0v) is 13.0. The van der Waals surface area contributed by atoms with Gasteiger partial charge < -0.3 is 0 Å². The minimum atomic E-state index is 0.0979. The maximum Gasteiger partial charge on any atom is 0.0159 e. The first-order valence-corrected chi connectivity index (χ1v) is 7.34. The summed E-state index contributed by atoms with van der Waals surface area (Å²) in [6, 6.07) is 13.8. The van der Waals surface area contributed by atoms with Crippen molar-refractivity contribution in [2.24, 2.45) is 0 Å². The Kier molecular flexibility index (Phi) is 2.86. The van der Waals surface area contributed by atoms with Crippen molar-refractivity contribution in [1.82, 2.24) is 0 Å². The SMILES string of the molecule is C/C=C(\C)c1ccc2c(c1)C(C)(C)c1cc(C)ccc1-2. The van der Waals surface area contributed by atoms with Gasteiger partial charge >= 0.3 is 0 Å². The fraction of sp³-hybridized carbons (Fsp3) is 0.300. The van der Waals surface area contributed by atoms with E-state index >= 15 is 0 Å². The van der Waals surface area contributed by atoms with E-state index in [0.29, 0.717) is 0 Å². The van der Waals surface area contributed by atoms with Crippen LogP contribution < -0.4 is 0 Å². The summed E-state index contributed by atoms with van der Waals surface area (Å²) >= 11 is 0. The van der Waals surface area contributed by atoms with E-state index in [1.54, 1.807) is 0 Å². The summed E-state index contributed by atoms with van der Waals surface area (Å²) in [5.74, 6) is 0. The van der Waals surface area contributed by atoms with Crippen LogP contribution in [0.5, 0.6) is 0 Å². The molecule has 0 heteroatoms. The third-order valence-electron chi connectivity index (χ3n) is 4.72. The molecular formula is C20H22. The molecule has 2 aromatic carbocycles. The average Bonchev–Trinajstić information content (AvgIpc) is 2.66. The van der Waals surface area contributed by atoms with Crippen molar-refractivity contribution in [3.63, 3.8) is 0 Å². The highest BCUT2D eigenvalue weighted by molar-refractivity contribution is 5.83. The summed E-state index contributed by atoms with van der Waals surface area (Å²) in [6.07, 6.45) is 2.18. The summed E-state index contributed by atoms with van der Waals surface area (Å²) in [5.41, 5.74) is 9.84. The van der Waals surface area contributed by atoms with Crippen molar-refractivity contribution < 1.29 is 0 Å². The average molecular weight is 262 g/mol. The lowest BCUT2D eigenvalue weighted by molar-refractivity contribution is 0.659. The van der Waals surface area contributed by atoms with E-state index in [2.05, 4.69) is 77.1 Å². The van der Waals surface area contributed by atoms with E-state index in [-0.39, 0.29) is 5.41 Å². The monoisotopic (exact) mass is 262 g/mol. The van der Waals surface area contributed by atoms with E-state index in [1.807, 2.05) is 0 Å². The van der Waals surface area contributed by atoms with Gasteiger partial charge in [0.2, 0.25) is 0 Å². The lowest BCUT2D eigenvalue weighted by atomic mass is 9.81. The Morgan fingerprint density at radius 3 is 2.20 bits per heavy atom. The minimum absolute atomic E-state index is 0.0979. The Morgan fingerprint density at radius 1 is 0.950 bits per heavy atom. The molecule has 0 radical (unpaired) electrons. The second kappa shape index (κ2) is 4.34. The summed E-state index contributed by atoms with van der Waals surface area (Å²) in [4.78, 5) is 0. The summed E-state index contributed by atoms with van der Waals surface area (Å²) in [5, 5.41) is 0. The molecule has 0 atom stereocenters. The predicted molar refractivity (Wildman–Crippen MR) is 88.1 cm³/mol. The highest BCUT2D eigenvalue weighted by atomic mass is 14.4. The van der Waals surface area contributed by atoms with Crippen LogP contribution in [0.1, 0.15) is 49.9 Å². The number of hydrogen-bond donors (Lipinski definition) is 0. The molecule has 0 saturated carbocycles. The predicted octanol–water partition coefficient (Wildman–Crippen LogP) is 5.72. The number of hydrogen-bond acceptors (Lipinski definition) is 0. The molecule has 1 aliphatic rings. The van der Waals surface area contributed by atoms with Gasteiger partial charge in [-0.3, -0.25) is 0 Å². The van der Waals surface area contributed by atoms with Crippen molar-refractivity contribution in [2.75, 3.05) is 0 Å². The topological polar surface area (TPSA) is 0 Å². The maximum atomic E-state index is 2.38. The third-order valence-corrected chi connectivity index (χ3v) is 4.72. The van der Waals surface area contributed by atoms with E-state index in [4.69, 9.17) is 0 Å². The zero-order valence-electron chi connectivity index (χ0n) is 13.0. The molecule has 0 aromatic heterocycles. The number of aryl methyl sites for hydroxylation is 1. The molecule has 0 unspecified atom stereocenters. The van der Waals surface area contributed by atoms with Gasteiger partial charge in [0.1, 0.15) is 0 Å². The van der Waals surface area contributed by atoms with Crippen LogP contribution in [-0.4, -0.2) is 0 Å². The van der Waals surface area contributed by atoms with Crippen LogP contribution in [0.25, 0.3) is 16.7 Å². The molecule has 20 heavy (non-hydrogen) atoms. The first-order valence-electron chi connectivity index (χ1n) is 7.34. The maximum absolute atomic E-state index is 2.38. The first-order chi connectivity index (χ1) is 9.45. The van der Waals surface area contributed by atoms with Crippen molar-refractivity contribution in [3.05, 3.63) is 64.7 Å². The second-order valence-corrected chi connectivity index (χ2v) is 6.41. The van der Waals surface area contributed by atoms with Crippen LogP contribution in [0.2, 0.25) is 0 Å². The Labute approximate surface area is 122 Å². The number of rotatable bonds is 1. The van der Waals surface area contributed by atoms with Crippen LogP contribution in [0.4, 0.5) is 0 Å². The standard InChI is InChI=1S/C20H22/c1-6-14(3)15-8-10-17-16-9-7-13(2)11-18(16)20(4,5)19(17)12-15/h6-12H,1-5H3/b14-6+. The molecule has 3 rings (SSSR count). The van der Waals surface area contributed by atoms with Crippen LogP contribution in [0.3, 0.4) is 0 Å². The van der Waals surface area contributed by atoms with Crippen molar-refractivity contribution in [2.45, 2.75) is 40.0 Å². The van der Waals surface area contributed by atoms with Gasteiger partial charge in [-0.1, -0.05) is 61.9 Å². The molecule has 2 aromatic rings. The third kappa shape index (κ3) is 1.75. The molecule has 0 amide bonds. The molecule has 0 nitrogen and oxygen atoms in total. The van der Waals surface area contributed by atoms with Crippen molar-refractivity contribution in [1.29, 1.82) is 0 Å². The van der Waals surface area contributed by atoms with Gasteiger partial charge in [-0.2, -0.15) is 0 Å². The summed E-state index contributed by atoms with van der Waals surface area (Å²) < 4.78 is 0. The molecule has 0 spiro atoms. The van der Waals surface area contributed by atoms with E-state index < -0.39 is 0 Å². The molecule has 0 heterocycles. The van der Waals surface area contributed by atoms with Crippen LogP contribution in [0.15, 0.2) is 42.5 Å². The number of allylic oxidation sites excluding steroid dienone is 2. The smallest absolute Gasteiger partial charge is 0.0159 e. The Hall–Kier alpha value is -1.82. The molecule has 0 bridgehead atoms. The molecule has 1 aliphatic carbocycles. The van der Waals surface area contributed by atoms with E-state index in [1.165, 1.54) is 39.0 Å². The molecular weight excluding hydrogens is 240 g/mol. The van der Waals surface area contributed by atoms with Gasteiger partial charge in [0.25, 0.3) is 0 Å². The second-order valence-electron chi connectivity index (χ2n) is 6.41. The molecule has 0 fully saturated rings. The fourth-order valence-corrected chi connectivity index (χ4v) is 3.26. The quantitative estimate of drug-likeness (QED) is 0.616. The van der Waals surface area contributed by atoms with Gasteiger partial charge in [-0.25, -0.2) is 0 Å². The summed E-state index contributed by atoms with van der Waals surface area (Å²) in [6.45, 7) is 11.1. The minimum Gasteiger partial charge on any atom is -0.0841 e. The van der Waals surface area contributed by atoms with E-state index in [0.717, 1.165) is 0 Å². The number of benzene rings is 2. The highest BCUT2D eigenvalue weighted by Crippen LogP contribution is 2.49. The van der Waals surface area contributed by atoms with Crippen LogP contribution in [0, 0.1) is 6.92 Å². The first kappa shape index (κ1) is 13.2.